The summed E-state index contributed by atoms with van der Waals surface area (Å²) in [7, 11) is 0. The zero-order valence-electron chi connectivity index (χ0n) is 21.0. The van der Waals surface area contributed by atoms with E-state index in [9.17, 15) is 9.18 Å². The number of likely N-dealkylation sites (tertiary alicyclic amines) is 1. The zero-order valence-corrected chi connectivity index (χ0v) is 21.0. The number of anilines is 1. The second-order valence-corrected chi connectivity index (χ2v) is 9.49. The number of hydrogen-bond acceptors (Lipinski definition) is 7. The standard InChI is InChI=1S/C26H34FN7O2/c1-3-32(4-2)16-24(35)33-11-5-6-18(9-12-33)20-14-28-26(34-17-30-31-25(20)34)29-15-21-19-10-13-36-23(19)8-7-22(21)27/h7-8,14,17-18H,3-6,9-13,15-16H2,1-2H3,(H,28,29). The number of hydrogen-bond donors (Lipinski definition) is 1. The summed E-state index contributed by atoms with van der Waals surface area (Å²) < 4.78 is 22.0. The number of halogens is 1. The molecule has 1 fully saturated rings. The first-order chi connectivity index (χ1) is 17.6. The van der Waals surface area contributed by atoms with Crippen molar-refractivity contribution < 1.29 is 13.9 Å². The van der Waals surface area contributed by atoms with Crippen LogP contribution in [0, 0.1) is 5.82 Å². The number of nitrogens with zero attached hydrogens (tertiary/aromatic N) is 6. The minimum absolute atomic E-state index is 0.203. The smallest absolute Gasteiger partial charge is 0.236 e. The van der Waals surface area contributed by atoms with Crippen LogP contribution in [-0.2, 0) is 17.8 Å². The van der Waals surface area contributed by atoms with Gasteiger partial charge in [0.05, 0.1) is 13.2 Å². The number of fused-ring (bicyclic) bond motifs is 2. The molecule has 4 heterocycles. The van der Waals surface area contributed by atoms with Crippen LogP contribution in [0.1, 0.15) is 55.7 Å². The molecule has 5 rings (SSSR count). The summed E-state index contributed by atoms with van der Waals surface area (Å²) in [6.45, 7) is 8.79. The van der Waals surface area contributed by atoms with Crippen LogP contribution in [0.3, 0.4) is 0 Å². The molecule has 0 bridgehead atoms. The van der Waals surface area contributed by atoms with E-state index in [0.717, 1.165) is 68.0 Å². The van der Waals surface area contributed by atoms with Crippen molar-refractivity contribution >= 4 is 17.5 Å². The first-order valence-electron chi connectivity index (χ1n) is 12.9. The number of aromatic nitrogens is 4. The molecule has 1 aromatic carbocycles. The summed E-state index contributed by atoms with van der Waals surface area (Å²) >= 11 is 0. The highest BCUT2D eigenvalue weighted by Crippen LogP contribution is 2.32. The molecule has 0 radical (unpaired) electrons. The summed E-state index contributed by atoms with van der Waals surface area (Å²) in [5.41, 5.74) is 3.31. The largest absolute Gasteiger partial charge is 0.493 e. The molecule has 1 atom stereocenters. The average Bonchev–Trinajstić information content (AvgIpc) is 3.51. The van der Waals surface area contributed by atoms with E-state index in [0.29, 0.717) is 37.6 Å². The lowest BCUT2D eigenvalue weighted by molar-refractivity contribution is -0.132. The summed E-state index contributed by atoms with van der Waals surface area (Å²) in [6, 6.07) is 3.14. The zero-order chi connectivity index (χ0) is 25.1. The monoisotopic (exact) mass is 495 g/mol. The lowest BCUT2D eigenvalue weighted by Crippen LogP contribution is -2.40. The first kappa shape index (κ1) is 24.4. The van der Waals surface area contributed by atoms with Crippen LogP contribution in [0.2, 0.25) is 0 Å². The number of likely N-dealkylation sites (N-methyl/N-ethyl adjacent to an activating group) is 1. The van der Waals surface area contributed by atoms with Gasteiger partial charge >= 0.3 is 0 Å². The number of rotatable bonds is 8. The van der Waals surface area contributed by atoms with Gasteiger partial charge in [-0.15, -0.1) is 10.2 Å². The Bertz CT molecular complexity index is 1230. The van der Waals surface area contributed by atoms with Crippen molar-refractivity contribution in [2.45, 2.75) is 52.0 Å². The molecule has 3 aromatic rings. The van der Waals surface area contributed by atoms with Gasteiger partial charge in [0.2, 0.25) is 11.9 Å². The van der Waals surface area contributed by atoms with Crippen molar-refractivity contribution in [3.63, 3.8) is 0 Å². The van der Waals surface area contributed by atoms with E-state index in [2.05, 4.69) is 39.2 Å². The van der Waals surface area contributed by atoms with E-state index < -0.39 is 0 Å². The van der Waals surface area contributed by atoms with Crippen LogP contribution in [-0.4, -0.2) is 74.6 Å². The fourth-order valence-corrected chi connectivity index (χ4v) is 5.33. The van der Waals surface area contributed by atoms with Gasteiger partial charge in [-0.2, -0.15) is 0 Å². The Morgan fingerprint density at radius 3 is 2.94 bits per heavy atom. The van der Waals surface area contributed by atoms with Crippen molar-refractivity contribution in [1.29, 1.82) is 0 Å². The summed E-state index contributed by atoms with van der Waals surface area (Å²) in [5.74, 6) is 1.52. The maximum atomic E-state index is 14.6. The number of ether oxygens (including phenoxy) is 1. The van der Waals surface area contributed by atoms with Crippen LogP contribution in [0.4, 0.5) is 10.3 Å². The Morgan fingerprint density at radius 2 is 2.11 bits per heavy atom. The minimum atomic E-state index is -0.248. The Morgan fingerprint density at radius 1 is 1.25 bits per heavy atom. The van der Waals surface area contributed by atoms with E-state index in [4.69, 9.17) is 4.74 Å². The van der Waals surface area contributed by atoms with Crippen LogP contribution in [0.25, 0.3) is 5.65 Å². The van der Waals surface area contributed by atoms with Gasteiger partial charge in [-0.1, -0.05) is 13.8 Å². The summed E-state index contributed by atoms with van der Waals surface area (Å²) in [4.78, 5) is 21.6. The molecule has 0 aliphatic carbocycles. The molecule has 0 saturated carbocycles. The molecule has 0 spiro atoms. The van der Waals surface area contributed by atoms with Crippen LogP contribution < -0.4 is 10.1 Å². The molecule has 10 heteroatoms. The quantitative estimate of drug-likeness (QED) is 0.513. The predicted molar refractivity (Wildman–Crippen MR) is 135 cm³/mol. The third-order valence-electron chi connectivity index (χ3n) is 7.50. The Hall–Kier alpha value is -3.27. The molecular weight excluding hydrogens is 461 g/mol. The highest BCUT2D eigenvalue weighted by atomic mass is 19.1. The van der Waals surface area contributed by atoms with E-state index >= 15 is 0 Å². The van der Waals surface area contributed by atoms with E-state index in [1.165, 1.54) is 6.07 Å². The van der Waals surface area contributed by atoms with Crippen molar-refractivity contribution in [3.8, 4) is 5.75 Å². The summed E-state index contributed by atoms with van der Waals surface area (Å²) in [6.07, 6.45) is 6.97. The van der Waals surface area contributed by atoms with Gasteiger partial charge in [-0.05, 0) is 50.4 Å². The first-order valence-corrected chi connectivity index (χ1v) is 12.9. The van der Waals surface area contributed by atoms with E-state index in [1.54, 1.807) is 12.4 Å². The van der Waals surface area contributed by atoms with Crippen molar-refractivity contribution in [2.24, 2.45) is 0 Å². The normalized spacial score (nSPS) is 17.8. The second-order valence-electron chi connectivity index (χ2n) is 9.49. The number of carbonyl (C=O) groups excluding carboxylic acids is 1. The van der Waals surface area contributed by atoms with Gasteiger partial charge < -0.3 is 15.0 Å². The molecule has 1 saturated heterocycles. The van der Waals surface area contributed by atoms with Gasteiger partial charge in [0, 0.05) is 48.9 Å². The van der Waals surface area contributed by atoms with Crippen molar-refractivity contribution in [2.75, 3.05) is 44.6 Å². The molecule has 2 aromatic heterocycles. The molecule has 1 unspecified atom stereocenters. The molecule has 2 aliphatic heterocycles. The topological polar surface area (TPSA) is 87.9 Å². The summed E-state index contributed by atoms with van der Waals surface area (Å²) in [5, 5.41) is 11.8. The third-order valence-corrected chi connectivity index (χ3v) is 7.50. The molecule has 192 valence electrons. The highest BCUT2D eigenvalue weighted by molar-refractivity contribution is 5.78. The predicted octanol–water partition coefficient (Wildman–Crippen LogP) is 3.25. The van der Waals surface area contributed by atoms with Gasteiger partial charge in [-0.3, -0.25) is 14.1 Å². The third kappa shape index (κ3) is 4.86. The van der Waals surface area contributed by atoms with Gasteiger partial charge in [0.15, 0.2) is 5.65 Å². The fourth-order valence-electron chi connectivity index (χ4n) is 5.33. The molecule has 36 heavy (non-hydrogen) atoms. The number of nitrogens with one attached hydrogen (secondary N) is 1. The van der Waals surface area contributed by atoms with E-state index in [1.807, 2.05) is 15.5 Å². The van der Waals surface area contributed by atoms with Crippen LogP contribution >= 0.6 is 0 Å². The number of carbonyl (C=O) groups is 1. The lowest BCUT2D eigenvalue weighted by atomic mass is 9.94. The van der Waals surface area contributed by atoms with Crippen molar-refractivity contribution in [3.05, 3.63) is 47.2 Å². The fraction of sp³-hybridized carbons (Fsp3) is 0.538. The maximum Gasteiger partial charge on any atom is 0.236 e. The van der Waals surface area contributed by atoms with Crippen LogP contribution in [0.5, 0.6) is 5.75 Å². The average molecular weight is 496 g/mol. The molecule has 1 N–H and O–H groups in total. The number of benzene rings is 1. The lowest BCUT2D eigenvalue weighted by Gasteiger charge is -2.25. The number of amides is 1. The Balaban J connectivity index is 1.30. The molecule has 1 amide bonds. The maximum absolute atomic E-state index is 14.6. The van der Waals surface area contributed by atoms with Gasteiger partial charge in [0.25, 0.3) is 0 Å². The van der Waals surface area contributed by atoms with Crippen molar-refractivity contribution in [1.82, 2.24) is 29.4 Å². The Labute approximate surface area is 210 Å². The molecule has 2 aliphatic rings. The highest BCUT2D eigenvalue weighted by Gasteiger charge is 2.25. The minimum Gasteiger partial charge on any atom is -0.493 e. The molecule has 9 nitrogen and oxygen atoms in total. The SMILES string of the molecule is CCN(CC)CC(=O)N1CCCC(c2cnc(NCc3c(F)ccc4c3CCO4)n3cnnc23)CC1. The Kier molecular flexibility index (Phi) is 7.31. The van der Waals surface area contributed by atoms with Crippen LogP contribution in [0.15, 0.2) is 24.7 Å². The van der Waals surface area contributed by atoms with E-state index in [-0.39, 0.29) is 17.6 Å². The molecular formula is C26H34FN7O2. The second kappa shape index (κ2) is 10.8. The van der Waals surface area contributed by atoms with Gasteiger partial charge in [-0.25, -0.2) is 9.37 Å². The van der Waals surface area contributed by atoms with Gasteiger partial charge in [0.1, 0.15) is 17.9 Å².